The second kappa shape index (κ2) is 8.69. The summed E-state index contributed by atoms with van der Waals surface area (Å²) in [6, 6.07) is 17.6. The van der Waals surface area contributed by atoms with Crippen molar-refractivity contribution in [3.8, 4) is 22.8 Å². The van der Waals surface area contributed by atoms with Gasteiger partial charge in [-0.2, -0.15) is 0 Å². The summed E-state index contributed by atoms with van der Waals surface area (Å²) in [5.41, 5.74) is 3.00. The molecule has 1 N–H and O–H groups in total. The molecule has 0 aliphatic heterocycles. The maximum Gasteiger partial charge on any atom is 0.265 e. The minimum absolute atomic E-state index is 0.0576. The fourth-order valence-corrected chi connectivity index (χ4v) is 4.41. The summed E-state index contributed by atoms with van der Waals surface area (Å²) in [4.78, 5) is 4.64. The van der Waals surface area contributed by atoms with Crippen molar-refractivity contribution >= 4 is 21.4 Å². The van der Waals surface area contributed by atoms with Crippen LogP contribution >= 0.6 is 0 Å². The van der Waals surface area contributed by atoms with Crippen molar-refractivity contribution in [1.29, 1.82) is 0 Å². The Morgan fingerprint density at radius 1 is 0.968 bits per heavy atom. The first-order valence-corrected chi connectivity index (χ1v) is 11.4. The molecule has 0 atom stereocenters. The van der Waals surface area contributed by atoms with E-state index in [4.69, 9.17) is 9.47 Å². The lowest BCUT2D eigenvalue weighted by Gasteiger charge is -2.14. The Kier molecular flexibility index (Phi) is 5.81. The molecule has 0 aliphatic rings. The molecule has 0 fully saturated rings. The molecule has 0 aliphatic carbocycles. The lowest BCUT2D eigenvalue weighted by Crippen LogP contribution is -2.14. The molecule has 0 saturated carbocycles. The van der Waals surface area contributed by atoms with Gasteiger partial charge in [0.1, 0.15) is 22.0 Å². The van der Waals surface area contributed by atoms with Crippen molar-refractivity contribution in [2.45, 2.75) is 18.7 Å². The van der Waals surface area contributed by atoms with E-state index < -0.39 is 10.0 Å². The van der Waals surface area contributed by atoms with Crippen LogP contribution in [0.25, 0.3) is 16.9 Å². The molecule has 7 nitrogen and oxygen atoms in total. The van der Waals surface area contributed by atoms with Gasteiger partial charge in [0.15, 0.2) is 0 Å². The summed E-state index contributed by atoms with van der Waals surface area (Å²) in [5.74, 6) is 0.809. The lowest BCUT2D eigenvalue weighted by atomic mass is 10.1. The maximum atomic E-state index is 13.0. The fraction of sp³-hybridized carbons (Fsp3) is 0.174. The normalized spacial score (nSPS) is 11.4. The van der Waals surface area contributed by atoms with E-state index in [1.807, 2.05) is 54.0 Å². The highest BCUT2D eigenvalue weighted by molar-refractivity contribution is 7.92. The van der Waals surface area contributed by atoms with Crippen LogP contribution in [-0.2, 0) is 10.0 Å². The SMILES string of the molecule is CCOc1ccc(S(=O)(=O)Nc2ccc(-c3cn4ccccc4n3)cc2)c(OCC)c1. The molecule has 4 rings (SSSR count). The van der Waals surface area contributed by atoms with Gasteiger partial charge < -0.3 is 13.9 Å². The molecule has 31 heavy (non-hydrogen) atoms. The van der Waals surface area contributed by atoms with Gasteiger partial charge in [-0.3, -0.25) is 4.72 Å². The molecule has 4 aromatic rings. The number of anilines is 1. The molecule has 0 spiro atoms. The van der Waals surface area contributed by atoms with E-state index in [-0.39, 0.29) is 10.6 Å². The number of hydrogen-bond donors (Lipinski definition) is 1. The molecule has 160 valence electrons. The highest BCUT2D eigenvalue weighted by Crippen LogP contribution is 2.31. The number of hydrogen-bond acceptors (Lipinski definition) is 5. The first kappa shape index (κ1) is 20.7. The van der Waals surface area contributed by atoms with E-state index >= 15 is 0 Å². The highest BCUT2D eigenvalue weighted by atomic mass is 32.2. The van der Waals surface area contributed by atoms with Crippen molar-refractivity contribution < 1.29 is 17.9 Å². The van der Waals surface area contributed by atoms with E-state index in [0.717, 1.165) is 16.9 Å². The molecular weight excluding hydrogens is 414 g/mol. The summed E-state index contributed by atoms with van der Waals surface area (Å²) in [6.45, 7) is 4.48. The van der Waals surface area contributed by atoms with Crippen LogP contribution in [-0.4, -0.2) is 31.0 Å². The van der Waals surface area contributed by atoms with E-state index in [0.29, 0.717) is 24.7 Å². The van der Waals surface area contributed by atoms with Gasteiger partial charge in [-0.1, -0.05) is 18.2 Å². The van der Waals surface area contributed by atoms with Crippen LogP contribution in [0, 0.1) is 0 Å². The molecule has 2 aromatic carbocycles. The number of benzene rings is 2. The third kappa shape index (κ3) is 4.49. The number of rotatable bonds is 8. The molecule has 0 saturated heterocycles. The number of sulfonamides is 1. The number of aromatic nitrogens is 2. The summed E-state index contributed by atoms with van der Waals surface area (Å²) < 4.78 is 41.5. The minimum atomic E-state index is -3.85. The Morgan fingerprint density at radius 3 is 2.45 bits per heavy atom. The number of pyridine rings is 1. The molecular formula is C23H23N3O4S. The van der Waals surface area contributed by atoms with Gasteiger partial charge in [-0.05, 0) is 50.2 Å². The number of nitrogens with one attached hydrogen (secondary N) is 1. The van der Waals surface area contributed by atoms with Crippen molar-refractivity contribution in [2.24, 2.45) is 0 Å². The summed E-state index contributed by atoms with van der Waals surface area (Å²) in [5, 5.41) is 0. The predicted octanol–water partition coefficient (Wildman–Crippen LogP) is 4.60. The zero-order chi connectivity index (χ0) is 21.8. The minimum Gasteiger partial charge on any atom is -0.494 e. The predicted molar refractivity (Wildman–Crippen MR) is 120 cm³/mol. The highest BCUT2D eigenvalue weighted by Gasteiger charge is 2.21. The van der Waals surface area contributed by atoms with Crippen LogP contribution in [0.1, 0.15) is 13.8 Å². The van der Waals surface area contributed by atoms with Gasteiger partial charge in [0.05, 0.1) is 18.9 Å². The van der Waals surface area contributed by atoms with Crippen LogP contribution in [0.4, 0.5) is 5.69 Å². The maximum absolute atomic E-state index is 13.0. The van der Waals surface area contributed by atoms with Crippen LogP contribution in [0.3, 0.4) is 0 Å². The topological polar surface area (TPSA) is 81.9 Å². The quantitative estimate of drug-likeness (QED) is 0.436. The summed E-state index contributed by atoms with van der Waals surface area (Å²) in [7, 11) is -3.85. The Labute approximate surface area is 181 Å². The van der Waals surface area contributed by atoms with E-state index in [9.17, 15) is 8.42 Å². The summed E-state index contributed by atoms with van der Waals surface area (Å²) >= 11 is 0. The molecule has 0 radical (unpaired) electrons. The van der Waals surface area contributed by atoms with Gasteiger partial charge in [0, 0.05) is 29.7 Å². The average Bonchev–Trinajstić information content (AvgIpc) is 3.19. The number of fused-ring (bicyclic) bond motifs is 1. The zero-order valence-electron chi connectivity index (χ0n) is 17.3. The number of nitrogens with zero attached hydrogens (tertiary/aromatic N) is 2. The molecule has 2 heterocycles. The largest absolute Gasteiger partial charge is 0.494 e. The van der Waals surface area contributed by atoms with Gasteiger partial charge in [-0.25, -0.2) is 13.4 Å². The smallest absolute Gasteiger partial charge is 0.265 e. The van der Waals surface area contributed by atoms with Gasteiger partial charge in [-0.15, -0.1) is 0 Å². The average molecular weight is 438 g/mol. The lowest BCUT2D eigenvalue weighted by molar-refractivity contribution is 0.317. The van der Waals surface area contributed by atoms with E-state index in [1.165, 1.54) is 6.07 Å². The third-order valence-electron chi connectivity index (χ3n) is 4.61. The second-order valence-corrected chi connectivity index (χ2v) is 8.40. The Hall–Kier alpha value is -3.52. The third-order valence-corrected chi connectivity index (χ3v) is 6.03. The Bertz CT molecular complexity index is 1270. The van der Waals surface area contributed by atoms with E-state index in [2.05, 4.69) is 9.71 Å². The monoisotopic (exact) mass is 437 g/mol. The Morgan fingerprint density at radius 2 is 1.74 bits per heavy atom. The molecule has 2 aromatic heterocycles. The standard InChI is InChI=1S/C23H23N3O4S/c1-3-29-19-12-13-22(21(15-19)30-4-2)31(27,28)25-18-10-8-17(9-11-18)20-16-26-14-6-5-7-23(26)24-20/h5-16,25H,3-4H2,1-2H3. The molecule has 0 unspecified atom stereocenters. The van der Waals surface area contributed by atoms with E-state index in [1.54, 1.807) is 31.2 Å². The van der Waals surface area contributed by atoms with Crippen molar-refractivity contribution in [2.75, 3.05) is 17.9 Å². The van der Waals surface area contributed by atoms with Gasteiger partial charge in [0.2, 0.25) is 0 Å². The van der Waals surface area contributed by atoms with Crippen molar-refractivity contribution in [3.63, 3.8) is 0 Å². The second-order valence-electron chi connectivity index (χ2n) is 6.75. The zero-order valence-corrected chi connectivity index (χ0v) is 18.1. The van der Waals surface area contributed by atoms with Crippen LogP contribution < -0.4 is 14.2 Å². The molecule has 8 heteroatoms. The van der Waals surface area contributed by atoms with Crippen molar-refractivity contribution in [3.05, 3.63) is 73.1 Å². The number of imidazole rings is 1. The number of ether oxygens (including phenoxy) is 2. The molecule has 0 amide bonds. The van der Waals surface area contributed by atoms with Gasteiger partial charge in [0.25, 0.3) is 10.0 Å². The first-order chi connectivity index (χ1) is 15.0. The van der Waals surface area contributed by atoms with Crippen LogP contribution in [0.5, 0.6) is 11.5 Å². The van der Waals surface area contributed by atoms with Crippen molar-refractivity contribution in [1.82, 2.24) is 9.38 Å². The van der Waals surface area contributed by atoms with Crippen LogP contribution in [0.2, 0.25) is 0 Å². The van der Waals surface area contributed by atoms with Gasteiger partial charge >= 0.3 is 0 Å². The fourth-order valence-electron chi connectivity index (χ4n) is 3.23. The summed E-state index contributed by atoms with van der Waals surface area (Å²) in [6.07, 6.45) is 3.86. The first-order valence-electron chi connectivity index (χ1n) is 9.97. The Balaban J connectivity index is 1.58. The van der Waals surface area contributed by atoms with Crippen LogP contribution in [0.15, 0.2) is 78.0 Å². The molecule has 0 bridgehead atoms.